The van der Waals surface area contributed by atoms with Crippen molar-refractivity contribution in [2.45, 2.75) is 19.6 Å². The van der Waals surface area contributed by atoms with Crippen molar-refractivity contribution >= 4 is 26.8 Å². The minimum absolute atomic E-state index is 0.0525. The van der Waals surface area contributed by atoms with E-state index in [-0.39, 0.29) is 12.3 Å². The maximum absolute atomic E-state index is 12.2. The molecule has 1 aliphatic rings. The maximum atomic E-state index is 12.2. The van der Waals surface area contributed by atoms with E-state index in [1.165, 1.54) is 17.4 Å². The summed E-state index contributed by atoms with van der Waals surface area (Å²) in [5, 5.41) is 0.621. The lowest BCUT2D eigenvalue weighted by atomic mass is 10.2. The van der Waals surface area contributed by atoms with Gasteiger partial charge in [0.25, 0.3) is 5.56 Å². The van der Waals surface area contributed by atoms with Crippen LogP contribution in [0.4, 0.5) is 0 Å². The van der Waals surface area contributed by atoms with Crippen molar-refractivity contribution in [1.82, 2.24) is 9.55 Å². The number of benzene rings is 1. The van der Waals surface area contributed by atoms with Crippen LogP contribution in [0.15, 0.2) is 33.8 Å². The standard InChI is InChI=1S/C13H13BrN2O2/c14-10-3-4-11-12(5-10)15-7-16(13(11)17)8-18-6-9-1-2-9/h3-5,7,9H,1-2,6,8H2. The number of rotatable bonds is 4. The van der Waals surface area contributed by atoms with Crippen molar-refractivity contribution in [3.8, 4) is 0 Å². The van der Waals surface area contributed by atoms with Gasteiger partial charge in [-0.3, -0.25) is 9.36 Å². The smallest absolute Gasteiger partial charge is 0.263 e. The van der Waals surface area contributed by atoms with Crippen molar-refractivity contribution in [2.75, 3.05) is 6.61 Å². The van der Waals surface area contributed by atoms with Crippen LogP contribution in [0.25, 0.3) is 10.9 Å². The van der Waals surface area contributed by atoms with Gasteiger partial charge in [-0.25, -0.2) is 4.98 Å². The molecule has 0 aliphatic heterocycles. The molecule has 1 aromatic heterocycles. The molecule has 94 valence electrons. The van der Waals surface area contributed by atoms with Crippen LogP contribution < -0.4 is 5.56 Å². The Balaban J connectivity index is 1.85. The van der Waals surface area contributed by atoms with Gasteiger partial charge in [0.15, 0.2) is 0 Å². The molecule has 0 saturated heterocycles. The normalized spacial score (nSPS) is 15.2. The van der Waals surface area contributed by atoms with Crippen molar-refractivity contribution in [3.63, 3.8) is 0 Å². The van der Waals surface area contributed by atoms with Gasteiger partial charge in [-0.05, 0) is 37.0 Å². The molecular weight excluding hydrogens is 296 g/mol. The molecule has 0 atom stereocenters. The van der Waals surface area contributed by atoms with Crippen LogP contribution in [-0.2, 0) is 11.5 Å². The Morgan fingerprint density at radius 1 is 1.44 bits per heavy atom. The zero-order chi connectivity index (χ0) is 12.5. The molecule has 1 aliphatic carbocycles. The number of ether oxygens (including phenoxy) is 1. The van der Waals surface area contributed by atoms with Crippen LogP contribution in [0, 0.1) is 5.92 Å². The fourth-order valence-corrected chi connectivity index (χ4v) is 2.17. The molecule has 0 bridgehead atoms. The molecule has 4 nitrogen and oxygen atoms in total. The number of hydrogen-bond acceptors (Lipinski definition) is 3. The second-order valence-corrected chi connectivity index (χ2v) is 5.54. The number of fused-ring (bicyclic) bond motifs is 1. The Bertz CT molecular complexity index is 634. The molecule has 0 spiro atoms. The molecule has 1 fully saturated rings. The summed E-state index contributed by atoms with van der Waals surface area (Å²) >= 11 is 3.37. The average molecular weight is 309 g/mol. The van der Waals surface area contributed by atoms with Gasteiger partial charge in [0, 0.05) is 4.47 Å². The van der Waals surface area contributed by atoms with Crippen LogP contribution in [-0.4, -0.2) is 16.2 Å². The third kappa shape index (κ3) is 2.47. The van der Waals surface area contributed by atoms with E-state index in [1.54, 1.807) is 12.4 Å². The van der Waals surface area contributed by atoms with E-state index >= 15 is 0 Å². The molecular formula is C13H13BrN2O2. The lowest BCUT2D eigenvalue weighted by Crippen LogP contribution is -2.22. The zero-order valence-corrected chi connectivity index (χ0v) is 11.4. The van der Waals surface area contributed by atoms with Crippen LogP contribution in [0.5, 0.6) is 0 Å². The van der Waals surface area contributed by atoms with E-state index in [1.807, 2.05) is 12.1 Å². The topological polar surface area (TPSA) is 44.1 Å². The SMILES string of the molecule is O=c1c2ccc(Br)cc2ncn1COCC1CC1. The van der Waals surface area contributed by atoms with Gasteiger partial charge in [-0.2, -0.15) is 0 Å². The van der Waals surface area contributed by atoms with Gasteiger partial charge in [0.1, 0.15) is 13.1 Å². The summed E-state index contributed by atoms with van der Waals surface area (Å²) < 4.78 is 7.94. The second kappa shape index (κ2) is 4.82. The first-order chi connectivity index (χ1) is 8.74. The molecule has 1 saturated carbocycles. The third-order valence-electron chi connectivity index (χ3n) is 3.07. The Labute approximate surface area is 113 Å². The minimum Gasteiger partial charge on any atom is -0.360 e. The number of nitrogens with zero attached hydrogens (tertiary/aromatic N) is 2. The van der Waals surface area contributed by atoms with Crippen LogP contribution in [0.2, 0.25) is 0 Å². The summed E-state index contributed by atoms with van der Waals surface area (Å²) in [5.41, 5.74) is 0.649. The quantitative estimate of drug-likeness (QED) is 0.872. The van der Waals surface area contributed by atoms with Gasteiger partial charge < -0.3 is 4.74 Å². The summed E-state index contributed by atoms with van der Waals surface area (Å²) in [6.07, 6.45) is 4.04. The summed E-state index contributed by atoms with van der Waals surface area (Å²) in [4.78, 5) is 16.4. The van der Waals surface area contributed by atoms with E-state index in [9.17, 15) is 4.79 Å². The lowest BCUT2D eigenvalue weighted by Gasteiger charge is -2.07. The highest BCUT2D eigenvalue weighted by atomic mass is 79.9. The van der Waals surface area contributed by atoms with Gasteiger partial charge in [0.05, 0.1) is 17.5 Å². The zero-order valence-electron chi connectivity index (χ0n) is 9.80. The first kappa shape index (κ1) is 11.9. The van der Waals surface area contributed by atoms with E-state index < -0.39 is 0 Å². The molecule has 1 aromatic carbocycles. The molecule has 2 aromatic rings. The predicted octanol–water partition coefficient (Wildman–Crippen LogP) is 2.54. The number of halogens is 1. The first-order valence-electron chi connectivity index (χ1n) is 5.96. The largest absolute Gasteiger partial charge is 0.360 e. The van der Waals surface area contributed by atoms with Crippen LogP contribution in [0.3, 0.4) is 0 Å². The molecule has 0 amide bonds. The van der Waals surface area contributed by atoms with Gasteiger partial charge in [-0.1, -0.05) is 15.9 Å². The van der Waals surface area contributed by atoms with Crippen molar-refractivity contribution in [3.05, 3.63) is 39.4 Å². The van der Waals surface area contributed by atoms with Crippen LogP contribution in [0.1, 0.15) is 12.8 Å². The summed E-state index contributed by atoms with van der Waals surface area (Å²) in [7, 11) is 0. The third-order valence-corrected chi connectivity index (χ3v) is 3.56. The fraction of sp³-hybridized carbons (Fsp3) is 0.385. The number of aromatic nitrogens is 2. The highest BCUT2D eigenvalue weighted by molar-refractivity contribution is 9.10. The minimum atomic E-state index is -0.0525. The Kier molecular flexibility index (Phi) is 3.18. The molecule has 5 heteroatoms. The summed E-state index contributed by atoms with van der Waals surface area (Å²) in [5.74, 6) is 0.699. The molecule has 0 radical (unpaired) electrons. The molecule has 18 heavy (non-hydrogen) atoms. The predicted molar refractivity (Wildman–Crippen MR) is 72.4 cm³/mol. The van der Waals surface area contributed by atoms with E-state index in [2.05, 4.69) is 20.9 Å². The maximum Gasteiger partial charge on any atom is 0.263 e. The highest BCUT2D eigenvalue weighted by Gasteiger charge is 2.21. The Morgan fingerprint density at radius 3 is 3.06 bits per heavy atom. The average Bonchev–Trinajstić information content (AvgIpc) is 3.16. The van der Waals surface area contributed by atoms with E-state index in [0.717, 1.165) is 11.1 Å². The molecule has 0 N–H and O–H groups in total. The van der Waals surface area contributed by atoms with Crippen molar-refractivity contribution in [1.29, 1.82) is 0 Å². The van der Waals surface area contributed by atoms with Crippen molar-refractivity contribution in [2.24, 2.45) is 5.92 Å². The van der Waals surface area contributed by atoms with Gasteiger partial charge in [0.2, 0.25) is 0 Å². The Morgan fingerprint density at radius 2 is 2.28 bits per heavy atom. The number of hydrogen-bond donors (Lipinski definition) is 0. The summed E-state index contributed by atoms with van der Waals surface area (Å²) in [6, 6.07) is 5.47. The lowest BCUT2D eigenvalue weighted by molar-refractivity contribution is 0.0665. The van der Waals surface area contributed by atoms with Crippen LogP contribution >= 0.6 is 15.9 Å². The fourth-order valence-electron chi connectivity index (χ4n) is 1.83. The monoisotopic (exact) mass is 308 g/mol. The molecule has 3 rings (SSSR count). The van der Waals surface area contributed by atoms with E-state index in [0.29, 0.717) is 16.8 Å². The van der Waals surface area contributed by atoms with Crippen molar-refractivity contribution < 1.29 is 4.74 Å². The molecule has 1 heterocycles. The Hall–Kier alpha value is -1.20. The highest BCUT2D eigenvalue weighted by Crippen LogP contribution is 2.28. The second-order valence-electron chi connectivity index (χ2n) is 4.62. The van der Waals surface area contributed by atoms with Gasteiger partial charge in [-0.15, -0.1) is 0 Å². The first-order valence-corrected chi connectivity index (χ1v) is 6.76. The van der Waals surface area contributed by atoms with E-state index in [4.69, 9.17) is 4.74 Å². The summed E-state index contributed by atoms with van der Waals surface area (Å²) in [6.45, 7) is 1.03. The van der Waals surface area contributed by atoms with Gasteiger partial charge >= 0.3 is 0 Å². The molecule has 0 unspecified atom stereocenters.